The molecule has 8 nitrogen and oxygen atoms in total. The van der Waals surface area contributed by atoms with E-state index >= 15 is 0 Å². The van der Waals surface area contributed by atoms with Gasteiger partial charge in [0.15, 0.2) is 12.4 Å². The number of carbonyl (C=O) groups excluding carboxylic acids is 2. The Bertz CT molecular complexity index is 814. The molecule has 2 N–H and O–H groups in total. The molecule has 0 aromatic heterocycles. The maximum absolute atomic E-state index is 12.7. The molecule has 0 spiro atoms. The number of amides is 1. The van der Waals surface area contributed by atoms with E-state index in [-0.39, 0.29) is 13.2 Å². The van der Waals surface area contributed by atoms with Gasteiger partial charge in [-0.25, -0.2) is 9.59 Å². The summed E-state index contributed by atoms with van der Waals surface area (Å²) in [5.41, 5.74) is 1.09. The van der Waals surface area contributed by atoms with Crippen molar-refractivity contribution in [3.8, 4) is 0 Å². The van der Waals surface area contributed by atoms with Gasteiger partial charge in [-0.1, -0.05) is 60.7 Å². The number of hydrogen-bond donors (Lipinski definition) is 2. The lowest BCUT2D eigenvalue weighted by Gasteiger charge is -2.23. The topological polar surface area (TPSA) is 111 Å². The average molecular weight is 407 g/mol. The second kappa shape index (κ2) is 10.6. The van der Waals surface area contributed by atoms with Crippen LogP contribution in [0, 0.1) is 0 Å². The van der Waals surface area contributed by atoms with E-state index < -0.39 is 32.0 Å². The van der Waals surface area contributed by atoms with Gasteiger partial charge in [0, 0.05) is 0 Å². The molecule has 9 heteroatoms. The predicted molar refractivity (Wildman–Crippen MR) is 101 cm³/mol. The van der Waals surface area contributed by atoms with Crippen molar-refractivity contribution in [1.29, 1.82) is 0 Å². The second-order valence-electron chi connectivity index (χ2n) is 5.66. The minimum atomic E-state index is -4.46. The van der Waals surface area contributed by atoms with Gasteiger partial charge in [0.2, 0.25) is 0 Å². The van der Waals surface area contributed by atoms with Crippen molar-refractivity contribution in [2.45, 2.75) is 19.3 Å². The van der Waals surface area contributed by atoms with Crippen molar-refractivity contribution < 1.29 is 33.0 Å². The molecule has 2 aromatic carbocycles. The lowest BCUT2D eigenvalue weighted by Crippen LogP contribution is -2.30. The van der Waals surface area contributed by atoms with E-state index in [1.165, 1.54) is 0 Å². The zero-order valence-corrected chi connectivity index (χ0v) is 16.2. The third-order valence-corrected chi connectivity index (χ3v) is 5.16. The van der Waals surface area contributed by atoms with Crippen LogP contribution in [-0.2, 0) is 30.0 Å². The number of carbonyl (C=O) groups is 2. The van der Waals surface area contributed by atoms with E-state index in [0.717, 1.165) is 5.56 Å². The molecule has 0 saturated heterocycles. The standard InChI is InChI=1S/C19H22NO7P/c1-2-25-17(21)14-27-28(23,24)18(16-11-7-4-8-12-16)20-19(22)26-13-15-9-5-3-6-10-15/h3-12,18H,2,13-14H2,1H3,(H,20,22)(H,23,24). The van der Waals surface area contributed by atoms with Crippen molar-refractivity contribution >= 4 is 19.7 Å². The molecule has 150 valence electrons. The number of benzene rings is 2. The minimum absolute atomic E-state index is 0.00635. The Kier molecular flexibility index (Phi) is 8.19. The molecule has 0 saturated carbocycles. The van der Waals surface area contributed by atoms with E-state index in [2.05, 4.69) is 10.1 Å². The van der Waals surface area contributed by atoms with Gasteiger partial charge in [-0.05, 0) is 18.1 Å². The number of rotatable bonds is 9. The molecule has 2 atom stereocenters. The summed E-state index contributed by atoms with van der Waals surface area (Å²) in [6, 6.07) is 17.1. The Morgan fingerprint density at radius 1 is 1.04 bits per heavy atom. The van der Waals surface area contributed by atoms with E-state index in [0.29, 0.717) is 5.56 Å². The first-order chi connectivity index (χ1) is 13.4. The number of alkyl carbamates (subject to hydrolysis) is 1. The second-order valence-corrected chi connectivity index (χ2v) is 7.56. The van der Waals surface area contributed by atoms with Gasteiger partial charge in [-0.3, -0.25) is 9.09 Å². The molecular formula is C19H22NO7P. The average Bonchev–Trinajstić information content (AvgIpc) is 2.70. The molecule has 0 bridgehead atoms. The van der Waals surface area contributed by atoms with Crippen LogP contribution in [0.5, 0.6) is 0 Å². The first-order valence-corrected chi connectivity index (χ1v) is 10.2. The molecule has 28 heavy (non-hydrogen) atoms. The fourth-order valence-corrected chi connectivity index (χ4v) is 3.54. The van der Waals surface area contributed by atoms with E-state index in [4.69, 9.17) is 9.26 Å². The summed E-state index contributed by atoms with van der Waals surface area (Å²) < 4.78 is 27.4. The van der Waals surface area contributed by atoms with Gasteiger partial charge in [0.1, 0.15) is 6.61 Å². The third kappa shape index (κ3) is 6.81. The van der Waals surface area contributed by atoms with Crippen LogP contribution in [0.2, 0.25) is 0 Å². The molecular weight excluding hydrogens is 385 g/mol. The van der Waals surface area contributed by atoms with Crippen LogP contribution >= 0.6 is 7.60 Å². The van der Waals surface area contributed by atoms with Gasteiger partial charge in [0.05, 0.1) is 6.61 Å². The molecule has 1 amide bonds. The highest BCUT2D eigenvalue weighted by Crippen LogP contribution is 2.54. The summed E-state index contributed by atoms with van der Waals surface area (Å²) in [6.07, 6.45) is -0.897. The summed E-state index contributed by atoms with van der Waals surface area (Å²) in [5, 5.41) is 2.35. The Morgan fingerprint density at radius 2 is 1.64 bits per heavy atom. The van der Waals surface area contributed by atoms with Crippen LogP contribution in [-0.4, -0.2) is 30.2 Å². The monoisotopic (exact) mass is 407 g/mol. The Hall–Kier alpha value is -2.67. The molecule has 0 heterocycles. The van der Waals surface area contributed by atoms with Gasteiger partial charge in [-0.2, -0.15) is 0 Å². The lowest BCUT2D eigenvalue weighted by atomic mass is 10.2. The van der Waals surface area contributed by atoms with Gasteiger partial charge in [0.25, 0.3) is 0 Å². The quantitative estimate of drug-likeness (QED) is 0.484. The lowest BCUT2D eigenvalue weighted by molar-refractivity contribution is -0.145. The highest BCUT2D eigenvalue weighted by atomic mass is 31.2. The largest absolute Gasteiger partial charge is 0.464 e. The summed E-state index contributed by atoms with van der Waals surface area (Å²) >= 11 is 0. The smallest absolute Gasteiger partial charge is 0.408 e. The highest BCUT2D eigenvalue weighted by molar-refractivity contribution is 7.53. The summed E-state index contributed by atoms with van der Waals surface area (Å²) in [5.74, 6) is -2.19. The number of esters is 1. The van der Waals surface area contributed by atoms with Crippen molar-refractivity contribution in [3.05, 3.63) is 71.8 Å². The molecule has 0 aliphatic rings. The third-order valence-electron chi connectivity index (χ3n) is 3.58. The Balaban J connectivity index is 2.07. The normalized spacial score (nSPS) is 13.8. The van der Waals surface area contributed by atoms with Crippen LogP contribution in [0.25, 0.3) is 0 Å². The summed E-state index contributed by atoms with van der Waals surface area (Å²) in [6.45, 7) is 0.997. The molecule has 2 rings (SSSR count). The van der Waals surface area contributed by atoms with Crippen LogP contribution in [0.1, 0.15) is 23.8 Å². The van der Waals surface area contributed by atoms with Crippen LogP contribution in [0.3, 0.4) is 0 Å². The van der Waals surface area contributed by atoms with Gasteiger partial charge in [-0.15, -0.1) is 0 Å². The van der Waals surface area contributed by atoms with Crippen LogP contribution in [0.4, 0.5) is 4.79 Å². The number of hydrogen-bond acceptors (Lipinski definition) is 6. The van der Waals surface area contributed by atoms with E-state index in [1.54, 1.807) is 61.5 Å². The maximum Gasteiger partial charge on any atom is 0.408 e. The summed E-state index contributed by atoms with van der Waals surface area (Å²) in [4.78, 5) is 33.9. The van der Waals surface area contributed by atoms with E-state index in [1.807, 2.05) is 6.07 Å². The molecule has 0 radical (unpaired) electrons. The first-order valence-electron chi connectivity index (χ1n) is 8.57. The summed E-state index contributed by atoms with van der Waals surface area (Å²) in [7, 11) is -4.46. The first kappa shape index (κ1) is 21.6. The number of ether oxygens (including phenoxy) is 2. The zero-order valence-electron chi connectivity index (χ0n) is 15.3. The zero-order chi connectivity index (χ0) is 20.4. The highest BCUT2D eigenvalue weighted by Gasteiger charge is 2.36. The van der Waals surface area contributed by atoms with Gasteiger partial charge < -0.3 is 19.7 Å². The van der Waals surface area contributed by atoms with Crippen molar-refractivity contribution in [3.63, 3.8) is 0 Å². The number of nitrogens with one attached hydrogen (secondary N) is 1. The Labute approximate surface area is 163 Å². The fourth-order valence-electron chi connectivity index (χ4n) is 2.29. The van der Waals surface area contributed by atoms with Crippen molar-refractivity contribution in [2.24, 2.45) is 0 Å². The van der Waals surface area contributed by atoms with Crippen molar-refractivity contribution in [2.75, 3.05) is 13.2 Å². The predicted octanol–water partition coefficient (Wildman–Crippen LogP) is 3.38. The minimum Gasteiger partial charge on any atom is -0.464 e. The fraction of sp³-hybridized carbons (Fsp3) is 0.263. The molecule has 0 aliphatic carbocycles. The molecule has 0 aliphatic heterocycles. The van der Waals surface area contributed by atoms with Crippen molar-refractivity contribution in [1.82, 2.24) is 5.32 Å². The van der Waals surface area contributed by atoms with Crippen LogP contribution in [0.15, 0.2) is 60.7 Å². The van der Waals surface area contributed by atoms with Crippen LogP contribution < -0.4 is 5.32 Å². The SMILES string of the molecule is CCOC(=O)COP(=O)(O)C(NC(=O)OCc1ccccc1)c1ccccc1. The molecule has 2 aromatic rings. The maximum atomic E-state index is 12.7. The molecule has 0 fully saturated rings. The van der Waals surface area contributed by atoms with Gasteiger partial charge >= 0.3 is 19.7 Å². The van der Waals surface area contributed by atoms with E-state index in [9.17, 15) is 19.0 Å². The Morgan fingerprint density at radius 3 is 2.25 bits per heavy atom. The molecule has 2 unspecified atom stereocenters.